The minimum atomic E-state index is -0.289. The number of fused-ring (bicyclic) bond motifs is 6. The molecule has 1 saturated heterocycles. The Morgan fingerprint density at radius 2 is 1.76 bits per heavy atom. The van der Waals surface area contributed by atoms with E-state index >= 15 is 0 Å². The molecule has 5 aliphatic rings. The second-order valence-corrected chi connectivity index (χ2v) is 9.54. The molecule has 4 heteroatoms. The molecule has 5 atom stereocenters. The summed E-state index contributed by atoms with van der Waals surface area (Å²) in [4.78, 5) is 0. The van der Waals surface area contributed by atoms with Crippen LogP contribution in [0.1, 0.15) is 65.2 Å². The summed E-state index contributed by atoms with van der Waals surface area (Å²) >= 11 is 0. The fraction of sp³-hybridized carbons (Fsp3) is 0.857. The largest absolute Gasteiger partial charge is 0.411 e. The van der Waals surface area contributed by atoms with E-state index in [2.05, 4.69) is 25.1 Å². The predicted molar refractivity (Wildman–Crippen MR) is 95.6 cm³/mol. The van der Waals surface area contributed by atoms with E-state index in [0.29, 0.717) is 5.41 Å². The van der Waals surface area contributed by atoms with Crippen LogP contribution in [0.2, 0.25) is 0 Å². The van der Waals surface area contributed by atoms with E-state index in [0.717, 1.165) is 62.4 Å². The van der Waals surface area contributed by atoms with Crippen LogP contribution in [-0.2, 0) is 9.47 Å². The van der Waals surface area contributed by atoms with E-state index < -0.39 is 0 Å². The molecule has 1 aliphatic heterocycles. The van der Waals surface area contributed by atoms with Gasteiger partial charge in [-0.2, -0.15) is 0 Å². The number of hydrogen-bond donors (Lipinski definition) is 1. The van der Waals surface area contributed by atoms with E-state index in [1.807, 2.05) is 0 Å². The van der Waals surface area contributed by atoms with Crippen LogP contribution in [0.25, 0.3) is 0 Å². The highest BCUT2D eigenvalue weighted by Gasteiger charge is 2.66. The smallest absolute Gasteiger partial charge is 0.174 e. The summed E-state index contributed by atoms with van der Waals surface area (Å²) in [6.07, 6.45) is 11.5. The molecule has 0 aromatic heterocycles. The molecular weight excluding hydrogens is 314 g/mol. The number of hydrogen-bond acceptors (Lipinski definition) is 4. The zero-order valence-electron chi connectivity index (χ0n) is 15.6. The first kappa shape index (κ1) is 16.3. The standard InChI is InChI=1S/C21H31NO3/c1-19-8-5-15(22-23)13-14(19)3-4-16-17(19)6-9-20(2)18(16)7-10-21(20)24-11-12-25-21/h13,16-18,23H,3-12H2,1-2H3/b22-15+. The van der Waals surface area contributed by atoms with Crippen molar-refractivity contribution in [3.05, 3.63) is 11.6 Å². The molecule has 5 rings (SSSR count). The average Bonchev–Trinajstić information content (AvgIpc) is 3.21. The summed E-state index contributed by atoms with van der Waals surface area (Å²) in [7, 11) is 0. The lowest BCUT2D eigenvalue weighted by Crippen LogP contribution is -2.55. The second-order valence-electron chi connectivity index (χ2n) is 9.54. The summed E-state index contributed by atoms with van der Waals surface area (Å²) in [5, 5.41) is 12.7. The Morgan fingerprint density at radius 3 is 2.52 bits per heavy atom. The van der Waals surface area contributed by atoms with Crippen molar-refractivity contribution in [2.75, 3.05) is 13.2 Å². The number of rotatable bonds is 0. The van der Waals surface area contributed by atoms with E-state index in [4.69, 9.17) is 9.47 Å². The third-order valence-corrected chi connectivity index (χ3v) is 8.90. The van der Waals surface area contributed by atoms with Crippen molar-refractivity contribution in [1.82, 2.24) is 0 Å². The SMILES string of the molecule is CC12CC/C(=N\O)C=C1CCC1C2CCC2(C)C1CCC21OCCO1. The van der Waals surface area contributed by atoms with Gasteiger partial charge in [0.05, 0.1) is 18.9 Å². The van der Waals surface area contributed by atoms with Crippen molar-refractivity contribution in [3.63, 3.8) is 0 Å². The zero-order chi connectivity index (χ0) is 17.3. The van der Waals surface area contributed by atoms with Gasteiger partial charge < -0.3 is 14.7 Å². The second kappa shape index (κ2) is 5.32. The molecule has 1 N–H and O–H groups in total. The van der Waals surface area contributed by atoms with Gasteiger partial charge >= 0.3 is 0 Å². The minimum absolute atomic E-state index is 0.189. The van der Waals surface area contributed by atoms with Gasteiger partial charge in [0.1, 0.15) is 0 Å². The maximum Gasteiger partial charge on any atom is 0.174 e. The highest BCUT2D eigenvalue weighted by atomic mass is 16.7. The number of nitrogens with zero attached hydrogens (tertiary/aromatic N) is 1. The minimum Gasteiger partial charge on any atom is -0.411 e. The van der Waals surface area contributed by atoms with E-state index in [1.54, 1.807) is 0 Å². The van der Waals surface area contributed by atoms with Crippen LogP contribution in [0.3, 0.4) is 0 Å². The first-order valence-electron chi connectivity index (χ1n) is 10.2. The number of allylic oxidation sites excluding steroid dienone is 2. The maximum absolute atomic E-state index is 9.19. The zero-order valence-corrected chi connectivity index (χ0v) is 15.6. The molecule has 0 bridgehead atoms. The maximum atomic E-state index is 9.19. The normalized spacial score (nSPS) is 49.6. The van der Waals surface area contributed by atoms with Gasteiger partial charge in [-0.1, -0.05) is 24.6 Å². The molecule has 0 amide bonds. The Morgan fingerprint density at radius 1 is 1.00 bits per heavy atom. The van der Waals surface area contributed by atoms with Gasteiger partial charge in [0, 0.05) is 11.8 Å². The summed E-state index contributed by atoms with van der Waals surface area (Å²) in [5.74, 6) is 2.00. The summed E-state index contributed by atoms with van der Waals surface area (Å²) in [6, 6.07) is 0. The summed E-state index contributed by atoms with van der Waals surface area (Å²) < 4.78 is 12.5. The van der Waals surface area contributed by atoms with E-state index in [-0.39, 0.29) is 11.2 Å². The van der Waals surface area contributed by atoms with Gasteiger partial charge in [-0.3, -0.25) is 0 Å². The highest BCUT2D eigenvalue weighted by molar-refractivity contribution is 5.96. The predicted octanol–water partition coefficient (Wildman–Crippen LogP) is 4.52. The molecule has 3 saturated carbocycles. The lowest BCUT2D eigenvalue weighted by atomic mass is 9.47. The van der Waals surface area contributed by atoms with Crippen LogP contribution in [-0.4, -0.2) is 29.9 Å². The molecule has 138 valence electrons. The summed E-state index contributed by atoms with van der Waals surface area (Å²) in [5.41, 5.74) is 2.90. The first-order chi connectivity index (χ1) is 12.0. The lowest BCUT2D eigenvalue weighted by molar-refractivity contribution is -0.242. The van der Waals surface area contributed by atoms with Gasteiger partial charge in [0.15, 0.2) is 5.79 Å². The van der Waals surface area contributed by atoms with Crippen LogP contribution in [0.5, 0.6) is 0 Å². The monoisotopic (exact) mass is 345 g/mol. The highest BCUT2D eigenvalue weighted by Crippen LogP contribution is 2.68. The molecule has 25 heavy (non-hydrogen) atoms. The molecule has 0 radical (unpaired) electrons. The molecule has 5 unspecified atom stereocenters. The third kappa shape index (κ3) is 1.98. The van der Waals surface area contributed by atoms with Gasteiger partial charge in [-0.05, 0) is 74.2 Å². The molecule has 4 aliphatic carbocycles. The quantitative estimate of drug-likeness (QED) is 0.519. The van der Waals surface area contributed by atoms with Crippen LogP contribution in [0.15, 0.2) is 16.8 Å². The van der Waals surface area contributed by atoms with Crippen molar-refractivity contribution in [1.29, 1.82) is 0 Å². The van der Waals surface area contributed by atoms with Crippen molar-refractivity contribution in [3.8, 4) is 0 Å². The molecule has 4 fully saturated rings. The van der Waals surface area contributed by atoms with Crippen molar-refractivity contribution < 1.29 is 14.7 Å². The van der Waals surface area contributed by atoms with Gasteiger partial charge in [-0.15, -0.1) is 0 Å². The van der Waals surface area contributed by atoms with Crippen molar-refractivity contribution in [2.45, 2.75) is 71.0 Å². The van der Waals surface area contributed by atoms with E-state index in [9.17, 15) is 5.21 Å². The third-order valence-electron chi connectivity index (χ3n) is 8.90. The van der Waals surface area contributed by atoms with Crippen LogP contribution < -0.4 is 0 Å². The number of oxime groups is 1. The Hall–Kier alpha value is -0.870. The average molecular weight is 345 g/mol. The number of ether oxygens (including phenoxy) is 2. The van der Waals surface area contributed by atoms with Gasteiger partial charge in [0.2, 0.25) is 0 Å². The molecular formula is C21H31NO3. The molecule has 1 heterocycles. The van der Waals surface area contributed by atoms with Gasteiger partial charge in [0.25, 0.3) is 0 Å². The Bertz CT molecular complexity index is 635. The van der Waals surface area contributed by atoms with Crippen LogP contribution >= 0.6 is 0 Å². The Labute approximate surface area is 150 Å². The van der Waals surface area contributed by atoms with Crippen LogP contribution in [0.4, 0.5) is 0 Å². The Balaban J connectivity index is 1.48. The first-order valence-corrected chi connectivity index (χ1v) is 10.2. The fourth-order valence-electron chi connectivity index (χ4n) is 7.54. The molecule has 0 aromatic carbocycles. The topological polar surface area (TPSA) is 51.1 Å². The Kier molecular flexibility index (Phi) is 3.47. The fourth-order valence-corrected chi connectivity index (χ4v) is 7.54. The lowest BCUT2D eigenvalue weighted by Gasteiger charge is -2.59. The van der Waals surface area contributed by atoms with Crippen LogP contribution in [0, 0.1) is 28.6 Å². The van der Waals surface area contributed by atoms with Crippen molar-refractivity contribution in [2.24, 2.45) is 33.7 Å². The van der Waals surface area contributed by atoms with Crippen molar-refractivity contribution >= 4 is 5.71 Å². The molecule has 4 nitrogen and oxygen atoms in total. The molecule has 0 aromatic rings. The summed E-state index contributed by atoms with van der Waals surface area (Å²) in [6.45, 7) is 6.48. The van der Waals surface area contributed by atoms with E-state index in [1.165, 1.54) is 31.3 Å². The van der Waals surface area contributed by atoms with Gasteiger partial charge in [-0.25, -0.2) is 0 Å². The molecule has 1 spiro atoms.